The Morgan fingerprint density at radius 1 is 1.47 bits per heavy atom. The molecular formula is C12H13BrF2O2. The lowest BCUT2D eigenvalue weighted by Crippen LogP contribution is -2.21. The van der Waals surface area contributed by atoms with Gasteiger partial charge in [0.05, 0.1) is 22.2 Å². The number of hydrogen-bond donors (Lipinski definition) is 1. The molecule has 1 aliphatic rings. The second-order valence-corrected chi connectivity index (χ2v) is 5.08. The summed E-state index contributed by atoms with van der Waals surface area (Å²) in [6, 6.07) is 2.43. The first-order chi connectivity index (χ1) is 8.02. The zero-order chi connectivity index (χ0) is 12.6. The van der Waals surface area contributed by atoms with Gasteiger partial charge in [-0.15, -0.1) is 0 Å². The van der Waals surface area contributed by atoms with Crippen LogP contribution in [0.3, 0.4) is 0 Å². The van der Waals surface area contributed by atoms with Crippen LogP contribution in [0.2, 0.25) is 0 Å². The quantitative estimate of drug-likeness (QED) is 0.850. The predicted octanol–water partition coefficient (Wildman–Crippen LogP) is 3.19. The third-order valence-electron chi connectivity index (χ3n) is 3.22. The first-order valence-electron chi connectivity index (χ1n) is 5.45. The first kappa shape index (κ1) is 12.9. The van der Waals surface area contributed by atoms with Crippen LogP contribution in [-0.2, 0) is 4.74 Å². The second-order valence-electron chi connectivity index (χ2n) is 4.23. The summed E-state index contributed by atoms with van der Waals surface area (Å²) in [5.41, 5.74) is -0.276. The van der Waals surface area contributed by atoms with Crippen molar-refractivity contribution < 1.29 is 18.6 Å². The van der Waals surface area contributed by atoms with Gasteiger partial charge in [-0.05, 0) is 41.4 Å². The van der Waals surface area contributed by atoms with Gasteiger partial charge in [-0.25, -0.2) is 8.78 Å². The third kappa shape index (κ3) is 2.37. The molecule has 3 atom stereocenters. The summed E-state index contributed by atoms with van der Waals surface area (Å²) in [5, 5.41) is 10.1. The Bertz CT molecular complexity index is 425. The smallest absolute Gasteiger partial charge is 0.146 e. The molecule has 1 aliphatic heterocycles. The number of hydrogen-bond acceptors (Lipinski definition) is 2. The van der Waals surface area contributed by atoms with E-state index in [0.29, 0.717) is 13.0 Å². The maximum absolute atomic E-state index is 13.8. The van der Waals surface area contributed by atoms with E-state index in [0.717, 1.165) is 6.07 Å². The molecule has 2 nitrogen and oxygen atoms in total. The Labute approximate surface area is 107 Å². The van der Waals surface area contributed by atoms with Crippen molar-refractivity contribution in [3.05, 3.63) is 33.8 Å². The molecule has 0 spiro atoms. The molecule has 1 fully saturated rings. The van der Waals surface area contributed by atoms with E-state index in [1.807, 2.05) is 0 Å². The van der Waals surface area contributed by atoms with Crippen molar-refractivity contribution in [2.75, 3.05) is 6.61 Å². The van der Waals surface area contributed by atoms with Gasteiger partial charge in [0.15, 0.2) is 0 Å². The largest absolute Gasteiger partial charge is 0.388 e. The highest BCUT2D eigenvalue weighted by Gasteiger charge is 2.34. The summed E-state index contributed by atoms with van der Waals surface area (Å²) in [5.74, 6) is -1.73. The summed E-state index contributed by atoms with van der Waals surface area (Å²) < 4.78 is 32.9. The number of rotatable bonds is 2. The van der Waals surface area contributed by atoms with E-state index < -0.39 is 17.7 Å². The molecule has 94 valence electrons. The number of halogens is 3. The van der Waals surface area contributed by atoms with Crippen molar-refractivity contribution in [2.24, 2.45) is 5.92 Å². The highest BCUT2D eigenvalue weighted by atomic mass is 79.9. The maximum Gasteiger partial charge on any atom is 0.146 e. The standard InChI is InChI=1S/C12H13BrF2O2/c1-6-7(4-5-17-6)12(16)10-9(14)3-2-8(13)11(10)15/h2-3,6-7,12,16H,4-5H2,1H3. The van der Waals surface area contributed by atoms with Crippen LogP contribution in [0.1, 0.15) is 25.0 Å². The summed E-state index contributed by atoms with van der Waals surface area (Å²) in [6.07, 6.45) is -0.763. The molecule has 1 heterocycles. The lowest BCUT2D eigenvalue weighted by Gasteiger charge is -2.22. The van der Waals surface area contributed by atoms with Gasteiger partial charge in [0.25, 0.3) is 0 Å². The van der Waals surface area contributed by atoms with Crippen molar-refractivity contribution in [1.82, 2.24) is 0 Å². The van der Waals surface area contributed by atoms with Crippen molar-refractivity contribution in [2.45, 2.75) is 25.6 Å². The molecule has 17 heavy (non-hydrogen) atoms. The third-order valence-corrected chi connectivity index (χ3v) is 3.83. The zero-order valence-corrected chi connectivity index (χ0v) is 10.9. The van der Waals surface area contributed by atoms with E-state index in [9.17, 15) is 13.9 Å². The minimum Gasteiger partial charge on any atom is -0.388 e. The molecule has 1 aromatic carbocycles. The summed E-state index contributed by atoms with van der Waals surface area (Å²) in [4.78, 5) is 0. The molecule has 1 N–H and O–H groups in total. The highest BCUT2D eigenvalue weighted by Crippen LogP contribution is 2.36. The molecule has 0 bridgehead atoms. The van der Waals surface area contributed by atoms with Gasteiger partial charge >= 0.3 is 0 Å². The summed E-state index contributed by atoms with van der Waals surface area (Å²) >= 11 is 2.99. The second kappa shape index (κ2) is 5.00. The van der Waals surface area contributed by atoms with Crippen LogP contribution < -0.4 is 0 Å². The van der Waals surface area contributed by atoms with Crippen molar-refractivity contribution in [1.29, 1.82) is 0 Å². The highest BCUT2D eigenvalue weighted by molar-refractivity contribution is 9.10. The number of aliphatic hydroxyl groups is 1. The van der Waals surface area contributed by atoms with Crippen molar-refractivity contribution >= 4 is 15.9 Å². The monoisotopic (exact) mass is 306 g/mol. The summed E-state index contributed by atoms with van der Waals surface area (Å²) in [7, 11) is 0. The van der Waals surface area contributed by atoms with Crippen LogP contribution in [0.15, 0.2) is 16.6 Å². The SMILES string of the molecule is CC1OCCC1C(O)c1c(F)ccc(Br)c1F. The lowest BCUT2D eigenvalue weighted by molar-refractivity contribution is 0.0395. The molecule has 3 unspecified atom stereocenters. The van der Waals surface area contributed by atoms with E-state index in [-0.39, 0.29) is 22.1 Å². The Hall–Kier alpha value is -0.520. The van der Waals surface area contributed by atoms with Gasteiger partial charge in [-0.3, -0.25) is 0 Å². The van der Waals surface area contributed by atoms with Gasteiger partial charge in [-0.2, -0.15) is 0 Å². The molecule has 0 amide bonds. The average Bonchev–Trinajstić information content (AvgIpc) is 2.70. The predicted molar refractivity (Wildman–Crippen MR) is 62.5 cm³/mol. The molecule has 1 aromatic rings. The van der Waals surface area contributed by atoms with E-state index in [1.54, 1.807) is 6.92 Å². The van der Waals surface area contributed by atoms with Crippen molar-refractivity contribution in [3.8, 4) is 0 Å². The van der Waals surface area contributed by atoms with Crippen LogP contribution in [-0.4, -0.2) is 17.8 Å². The Morgan fingerprint density at radius 2 is 2.18 bits per heavy atom. The lowest BCUT2D eigenvalue weighted by atomic mass is 9.90. The number of ether oxygens (including phenoxy) is 1. The molecule has 0 aliphatic carbocycles. The fourth-order valence-corrected chi connectivity index (χ4v) is 2.54. The molecule has 0 radical (unpaired) electrons. The Kier molecular flexibility index (Phi) is 3.80. The Balaban J connectivity index is 2.36. The van der Waals surface area contributed by atoms with E-state index in [2.05, 4.69) is 15.9 Å². The van der Waals surface area contributed by atoms with E-state index >= 15 is 0 Å². The molecule has 2 rings (SSSR count). The minimum absolute atomic E-state index is 0.152. The van der Waals surface area contributed by atoms with Gasteiger partial charge in [0, 0.05) is 12.5 Å². The molecule has 0 aromatic heterocycles. The van der Waals surface area contributed by atoms with Gasteiger partial charge in [0.1, 0.15) is 11.6 Å². The fourth-order valence-electron chi connectivity index (χ4n) is 2.19. The zero-order valence-electron chi connectivity index (χ0n) is 9.29. The topological polar surface area (TPSA) is 29.5 Å². The van der Waals surface area contributed by atoms with Gasteiger partial charge in [0.2, 0.25) is 0 Å². The molecule has 5 heteroatoms. The van der Waals surface area contributed by atoms with E-state index in [4.69, 9.17) is 4.74 Å². The fraction of sp³-hybridized carbons (Fsp3) is 0.500. The van der Waals surface area contributed by atoms with Crippen molar-refractivity contribution in [3.63, 3.8) is 0 Å². The maximum atomic E-state index is 13.8. The van der Waals surface area contributed by atoms with Crippen LogP contribution >= 0.6 is 15.9 Å². The van der Waals surface area contributed by atoms with Crippen LogP contribution in [0.25, 0.3) is 0 Å². The molecule has 1 saturated heterocycles. The summed E-state index contributed by atoms with van der Waals surface area (Å²) in [6.45, 7) is 2.31. The minimum atomic E-state index is -1.18. The number of aliphatic hydroxyl groups excluding tert-OH is 1. The van der Waals surface area contributed by atoms with Crippen LogP contribution in [0.4, 0.5) is 8.78 Å². The van der Waals surface area contributed by atoms with E-state index in [1.165, 1.54) is 6.07 Å². The van der Waals surface area contributed by atoms with Crippen LogP contribution in [0, 0.1) is 17.6 Å². The normalized spacial score (nSPS) is 26.2. The molecular weight excluding hydrogens is 294 g/mol. The van der Waals surface area contributed by atoms with Gasteiger partial charge < -0.3 is 9.84 Å². The van der Waals surface area contributed by atoms with Gasteiger partial charge in [-0.1, -0.05) is 0 Å². The molecule has 0 saturated carbocycles. The number of benzene rings is 1. The van der Waals surface area contributed by atoms with Crippen LogP contribution in [0.5, 0.6) is 0 Å². The Morgan fingerprint density at radius 3 is 2.76 bits per heavy atom. The average molecular weight is 307 g/mol. The first-order valence-corrected chi connectivity index (χ1v) is 6.24.